The van der Waals surface area contributed by atoms with Gasteiger partial charge in [0, 0.05) is 34.7 Å². The van der Waals surface area contributed by atoms with Crippen LogP contribution in [0.2, 0.25) is 0 Å². The van der Waals surface area contributed by atoms with Crippen LogP contribution in [0.3, 0.4) is 0 Å². The van der Waals surface area contributed by atoms with Gasteiger partial charge >= 0.3 is 0 Å². The van der Waals surface area contributed by atoms with Crippen LogP contribution in [0.5, 0.6) is 0 Å². The molecular weight excluding hydrogens is 498 g/mol. The molecule has 1 atom stereocenters. The number of nitrogens with zero attached hydrogens (tertiary/aromatic N) is 2. The highest BCUT2D eigenvalue weighted by atomic mass is 32.2. The molecule has 0 fully saturated rings. The molecule has 3 N–H and O–H groups in total. The maximum absolute atomic E-state index is 13.2. The summed E-state index contributed by atoms with van der Waals surface area (Å²) in [7, 11) is 0. The molecule has 4 rings (SSSR count). The van der Waals surface area contributed by atoms with E-state index in [1.54, 1.807) is 104 Å². The summed E-state index contributed by atoms with van der Waals surface area (Å²) in [6, 6.07) is 24.6. The van der Waals surface area contributed by atoms with E-state index < -0.39 is 17.1 Å². The quantitative estimate of drug-likeness (QED) is 0.210. The van der Waals surface area contributed by atoms with Gasteiger partial charge in [-0.05, 0) is 67.1 Å². The fourth-order valence-electron chi connectivity index (χ4n) is 3.34. The maximum atomic E-state index is 13.2. The van der Waals surface area contributed by atoms with E-state index in [1.807, 2.05) is 12.1 Å². The van der Waals surface area contributed by atoms with E-state index in [0.29, 0.717) is 22.6 Å². The predicted octanol–water partition coefficient (Wildman–Crippen LogP) is 5.01. The van der Waals surface area contributed by atoms with E-state index >= 15 is 0 Å². The Morgan fingerprint density at radius 1 is 0.868 bits per heavy atom. The summed E-state index contributed by atoms with van der Waals surface area (Å²) in [6.07, 6.45) is 6.39. The summed E-state index contributed by atoms with van der Waals surface area (Å²) in [6.45, 7) is 1.79. The second kappa shape index (κ2) is 13.0. The van der Waals surface area contributed by atoms with Crippen molar-refractivity contribution in [3.8, 4) is 0 Å². The molecule has 190 valence electrons. The van der Waals surface area contributed by atoms with E-state index in [-0.39, 0.29) is 11.6 Å². The summed E-state index contributed by atoms with van der Waals surface area (Å²) in [4.78, 5) is 47.6. The number of carbonyl (C=O) groups excluding carboxylic acids is 3. The number of hydrogen-bond donors (Lipinski definition) is 3. The van der Waals surface area contributed by atoms with Gasteiger partial charge in [-0.2, -0.15) is 0 Å². The molecule has 0 bridgehead atoms. The van der Waals surface area contributed by atoms with Crippen molar-refractivity contribution in [3.63, 3.8) is 0 Å². The van der Waals surface area contributed by atoms with E-state index in [9.17, 15) is 14.4 Å². The van der Waals surface area contributed by atoms with Crippen molar-refractivity contribution in [2.45, 2.75) is 17.1 Å². The van der Waals surface area contributed by atoms with Crippen LogP contribution in [0, 0.1) is 0 Å². The van der Waals surface area contributed by atoms with Gasteiger partial charge in [-0.3, -0.25) is 19.4 Å². The van der Waals surface area contributed by atoms with Gasteiger partial charge < -0.3 is 16.0 Å². The Balaban J connectivity index is 1.46. The molecule has 2 heterocycles. The van der Waals surface area contributed by atoms with Gasteiger partial charge in [-0.1, -0.05) is 36.4 Å². The molecule has 2 aromatic heterocycles. The van der Waals surface area contributed by atoms with Gasteiger partial charge in [0.1, 0.15) is 11.5 Å². The zero-order valence-corrected chi connectivity index (χ0v) is 21.3. The third-order valence-corrected chi connectivity index (χ3v) is 6.31. The molecular formula is C29H25N5O3S. The molecule has 0 saturated carbocycles. The molecule has 2 aromatic carbocycles. The average molecular weight is 524 g/mol. The zero-order chi connectivity index (χ0) is 26.7. The number of aromatic nitrogens is 2. The van der Waals surface area contributed by atoms with E-state index in [1.165, 1.54) is 11.8 Å². The van der Waals surface area contributed by atoms with Crippen LogP contribution < -0.4 is 16.0 Å². The highest BCUT2D eigenvalue weighted by Crippen LogP contribution is 2.26. The number of nitrogens with one attached hydrogen (secondary N) is 3. The van der Waals surface area contributed by atoms with Crippen LogP contribution in [-0.2, 0) is 9.59 Å². The van der Waals surface area contributed by atoms with E-state index in [0.717, 1.165) is 4.90 Å². The van der Waals surface area contributed by atoms with Gasteiger partial charge in [0.15, 0.2) is 0 Å². The Morgan fingerprint density at radius 2 is 1.68 bits per heavy atom. The van der Waals surface area contributed by atoms with Gasteiger partial charge in [0.25, 0.3) is 11.8 Å². The first kappa shape index (κ1) is 26.3. The third kappa shape index (κ3) is 7.62. The highest BCUT2D eigenvalue weighted by Gasteiger charge is 2.17. The zero-order valence-electron chi connectivity index (χ0n) is 20.5. The summed E-state index contributed by atoms with van der Waals surface area (Å²) < 4.78 is 0. The predicted molar refractivity (Wildman–Crippen MR) is 149 cm³/mol. The fourth-order valence-corrected chi connectivity index (χ4v) is 4.26. The first-order valence-electron chi connectivity index (χ1n) is 11.8. The normalized spacial score (nSPS) is 11.8. The number of benzene rings is 2. The van der Waals surface area contributed by atoms with E-state index in [4.69, 9.17) is 0 Å². The summed E-state index contributed by atoms with van der Waals surface area (Å²) in [5.74, 6) is -0.612. The number of hydrogen-bond acceptors (Lipinski definition) is 6. The van der Waals surface area contributed by atoms with Crippen molar-refractivity contribution in [1.29, 1.82) is 0 Å². The number of thioether (sulfide) groups is 1. The lowest BCUT2D eigenvalue weighted by molar-refractivity contribution is -0.115. The number of anilines is 2. The highest BCUT2D eigenvalue weighted by molar-refractivity contribution is 8.00. The average Bonchev–Trinajstić information content (AvgIpc) is 2.94. The first-order chi connectivity index (χ1) is 18.5. The maximum Gasteiger partial charge on any atom is 0.272 e. The van der Waals surface area contributed by atoms with Gasteiger partial charge in [0.2, 0.25) is 5.91 Å². The molecule has 1 unspecified atom stereocenters. The molecule has 0 aliphatic heterocycles. The van der Waals surface area contributed by atoms with Crippen LogP contribution in [-0.4, -0.2) is 32.9 Å². The van der Waals surface area contributed by atoms with Crippen LogP contribution in [0.1, 0.15) is 22.8 Å². The summed E-state index contributed by atoms with van der Waals surface area (Å²) in [5.41, 5.74) is 1.66. The number of carbonyl (C=O) groups is 3. The molecule has 0 radical (unpaired) electrons. The Morgan fingerprint density at radius 3 is 2.42 bits per heavy atom. The lowest BCUT2D eigenvalue weighted by atomic mass is 10.2. The molecule has 9 heteroatoms. The summed E-state index contributed by atoms with van der Waals surface area (Å²) >= 11 is 1.35. The SMILES string of the molecule is CC(Sc1cccc(NC(=O)/C(=C/c2cccnc2)NC(=O)c2ccccc2)c1)C(=O)Nc1ccccn1. The first-order valence-corrected chi connectivity index (χ1v) is 12.6. The molecule has 0 aliphatic rings. The van der Waals surface area contributed by atoms with Crippen molar-refractivity contribution in [2.75, 3.05) is 10.6 Å². The topological polar surface area (TPSA) is 113 Å². The minimum Gasteiger partial charge on any atom is -0.321 e. The van der Waals surface area contributed by atoms with Crippen molar-refractivity contribution in [1.82, 2.24) is 15.3 Å². The minimum absolute atomic E-state index is 0.0630. The van der Waals surface area contributed by atoms with Crippen LogP contribution in [0.15, 0.2) is 114 Å². The molecule has 3 amide bonds. The third-order valence-electron chi connectivity index (χ3n) is 5.21. The standard InChI is InChI=1S/C29H25N5O3S/c1-20(27(35)34-26-14-5-6-16-31-26)38-24-13-7-12-23(18-24)32-29(37)25(17-21-9-8-15-30-19-21)33-28(36)22-10-3-2-4-11-22/h2-20H,1H3,(H,32,37)(H,33,36)(H,31,34,35)/b25-17-. The second-order valence-corrected chi connectivity index (χ2v) is 9.52. The van der Waals surface area contributed by atoms with Gasteiger partial charge in [-0.15, -0.1) is 11.8 Å². The number of rotatable bonds is 9. The molecule has 8 nitrogen and oxygen atoms in total. The van der Waals surface area contributed by atoms with Crippen LogP contribution in [0.4, 0.5) is 11.5 Å². The Bertz CT molecular complexity index is 1430. The molecule has 0 aliphatic carbocycles. The summed E-state index contributed by atoms with van der Waals surface area (Å²) in [5, 5.41) is 7.92. The Kier molecular flexibility index (Phi) is 8.98. The van der Waals surface area contributed by atoms with Crippen LogP contribution in [0.25, 0.3) is 6.08 Å². The lowest BCUT2D eigenvalue weighted by Crippen LogP contribution is -2.30. The van der Waals surface area contributed by atoms with Gasteiger partial charge in [-0.25, -0.2) is 4.98 Å². The Labute approximate surface area is 224 Å². The largest absolute Gasteiger partial charge is 0.321 e. The van der Waals surface area contributed by atoms with E-state index in [2.05, 4.69) is 25.9 Å². The van der Waals surface area contributed by atoms with Crippen molar-refractivity contribution in [3.05, 3.63) is 120 Å². The lowest BCUT2D eigenvalue weighted by Gasteiger charge is -2.14. The molecule has 0 spiro atoms. The minimum atomic E-state index is -0.499. The Hall–Kier alpha value is -4.76. The van der Waals surface area contributed by atoms with Gasteiger partial charge in [0.05, 0.1) is 5.25 Å². The smallest absolute Gasteiger partial charge is 0.272 e. The molecule has 4 aromatic rings. The second-order valence-electron chi connectivity index (χ2n) is 8.11. The van der Waals surface area contributed by atoms with Crippen molar-refractivity contribution < 1.29 is 14.4 Å². The number of amides is 3. The molecule has 38 heavy (non-hydrogen) atoms. The molecule has 0 saturated heterocycles. The fraction of sp³-hybridized carbons (Fsp3) is 0.0690. The van der Waals surface area contributed by atoms with Crippen molar-refractivity contribution in [2.24, 2.45) is 0 Å². The number of pyridine rings is 2. The monoisotopic (exact) mass is 523 g/mol. The van der Waals surface area contributed by atoms with Crippen LogP contribution >= 0.6 is 11.8 Å². The van der Waals surface area contributed by atoms with Crippen molar-refractivity contribution >= 4 is 47.1 Å².